The Morgan fingerprint density at radius 3 is 2.55 bits per heavy atom. The number of imidazole rings is 1. The lowest BCUT2D eigenvalue weighted by Gasteiger charge is -2.11. The molecule has 31 heavy (non-hydrogen) atoms. The van der Waals surface area contributed by atoms with Crippen LogP contribution in [0.2, 0.25) is 0 Å². The molecule has 0 bridgehead atoms. The zero-order chi connectivity index (χ0) is 22.0. The van der Waals surface area contributed by atoms with Crippen molar-refractivity contribution in [1.82, 2.24) is 19.7 Å². The normalized spacial score (nSPS) is 10.9. The topological polar surface area (TPSA) is 64.9 Å². The van der Waals surface area contributed by atoms with Gasteiger partial charge in [-0.2, -0.15) is 0 Å². The number of nitrogens with zero attached hydrogens (tertiary/aromatic N) is 4. The SMILES string of the molecule is COc1cc(-c2ccc(NCc3cc(F)cc(F)c3F)nn2)ccc1-n1cnc(C)c1. The summed E-state index contributed by atoms with van der Waals surface area (Å²) in [6.45, 7) is 1.77. The highest BCUT2D eigenvalue weighted by Gasteiger charge is 2.12. The Morgan fingerprint density at radius 1 is 1.03 bits per heavy atom. The molecule has 4 aromatic rings. The molecule has 9 heteroatoms. The van der Waals surface area contributed by atoms with Gasteiger partial charge in [-0.15, -0.1) is 10.2 Å². The molecule has 0 saturated heterocycles. The maximum absolute atomic E-state index is 13.8. The number of anilines is 1. The Hall–Kier alpha value is -3.88. The minimum atomic E-state index is -1.23. The Labute approximate surface area is 176 Å². The monoisotopic (exact) mass is 425 g/mol. The first-order chi connectivity index (χ1) is 14.9. The molecule has 0 aliphatic rings. The van der Waals surface area contributed by atoms with Crippen LogP contribution in [0.4, 0.5) is 19.0 Å². The molecule has 6 nitrogen and oxygen atoms in total. The molecule has 0 aliphatic carbocycles. The molecule has 0 unspecified atom stereocenters. The number of hydrogen-bond acceptors (Lipinski definition) is 5. The van der Waals surface area contributed by atoms with E-state index in [1.807, 2.05) is 35.9 Å². The lowest BCUT2D eigenvalue weighted by molar-refractivity contribution is 0.413. The van der Waals surface area contributed by atoms with Gasteiger partial charge in [0.2, 0.25) is 0 Å². The summed E-state index contributed by atoms with van der Waals surface area (Å²) < 4.78 is 47.8. The highest BCUT2D eigenvalue weighted by atomic mass is 19.2. The van der Waals surface area contributed by atoms with E-state index in [0.717, 1.165) is 23.0 Å². The minimum absolute atomic E-state index is 0.138. The van der Waals surface area contributed by atoms with E-state index in [4.69, 9.17) is 4.74 Å². The number of ether oxygens (including phenoxy) is 1. The van der Waals surface area contributed by atoms with Gasteiger partial charge >= 0.3 is 0 Å². The lowest BCUT2D eigenvalue weighted by atomic mass is 10.1. The molecular formula is C22H18F3N5O. The second-order valence-corrected chi connectivity index (χ2v) is 6.83. The van der Waals surface area contributed by atoms with Gasteiger partial charge in [-0.3, -0.25) is 0 Å². The van der Waals surface area contributed by atoms with Crippen molar-refractivity contribution in [3.8, 4) is 22.7 Å². The summed E-state index contributed by atoms with van der Waals surface area (Å²) in [4.78, 5) is 4.23. The van der Waals surface area contributed by atoms with Crippen molar-refractivity contribution in [3.05, 3.63) is 83.7 Å². The van der Waals surface area contributed by atoms with Crippen LogP contribution in [0.25, 0.3) is 16.9 Å². The van der Waals surface area contributed by atoms with E-state index < -0.39 is 17.5 Å². The highest BCUT2D eigenvalue weighted by molar-refractivity contribution is 5.65. The van der Waals surface area contributed by atoms with Gasteiger partial charge in [0, 0.05) is 29.9 Å². The van der Waals surface area contributed by atoms with Crippen molar-refractivity contribution in [2.24, 2.45) is 0 Å². The van der Waals surface area contributed by atoms with Crippen molar-refractivity contribution < 1.29 is 17.9 Å². The zero-order valence-electron chi connectivity index (χ0n) is 16.7. The number of nitrogens with one attached hydrogen (secondary N) is 1. The van der Waals surface area contributed by atoms with Crippen molar-refractivity contribution in [3.63, 3.8) is 0 Å². The second-order valence-electron chi connectivity index (χ2n) is 6.83. The molecule has 158 valence electrons. The molecule has 4 rings (SSSR count). The van der Waals surface area contributed by atoms with Crippen molar-refractivity contribution in [1.29, 1.82) is 0 Å². The third-order valence-electron chi connectivity index (χ3n) is 4.66. The molecular weight excluding hydrogens is 407 g/mol. The Morgan fingerprint density at radius 2 is 1.87 bits per heavy atom. The smallest absolute Gasteiger partial charge is 0.164 e. The third kappa shape index (κ3) is 4.35. The van der Waals surface area contributed by atoms with Crippen LogP contribution < -0.4 is 10.1 Å². The van der Waals surface area contributed by atoms with E-state index in [-0.39, 0.29) is 12.1 Å². The summed E-state index contributed by atoms with van der Waals surface area (Å²) >= 11 is 0. The number of aryl methyl sites for hydroxylation is 1. The van der Waals surface area contributed by atoms with Gasteiger partial charge in [0.25, 0.3) is 0 Å². The second kappa shape index (κ2) is 8.47. The first kappa shape index (κ1) is 20.4. The van der Waals surface area contributed by atoms with Gasteiger partial charge in [-0.05, 0) is 37.3 Å². The van der Waals surface area contributed by atoms with Gasteiger partial charge in [0.05, 0.1) is 30.5 Å². The minimum Gasteiger partial charge on any atom is -0.495 e. The summed E-state index contributed by atoms with van der Waals surface area (Å²) in [7, 11) is 1.58. The van der Waals surface area contributed by atoms with Gasteiger partial charge in [0.1, 0.15) is 17.4 Å². The molecule has 0 amide bonds. The summed E-state index contributed by atoms with van der Waals surface area (Å²) in [5.74, 6) is -2.20. The molecule has 0 saturated carbocycles. The molecule has 2 aromatic carbocycles. The van der Waals surface area contributed by atoms with Gasteiger partial charge in [-0.25, -0.2) is 18.2 Å². The number of rotatable bonds is 6. The first-order valence-corrected chi connectivity index (χ1v) is 9.35. The van der Waals surface area contributed by atoms with E-state index in [1.54, 1.807) is 25.6 Å². The zero-order valence-corrected chi connectivity index (χ0v) is 16.7. The van der Waals surface area contributed by atoms with E-state index in [1.165, 1.54) is 0 Å². The maximum atomic E-state index is 13.8. The fourth-order valence-electron chi connectivity index (χ4n) is 3.11. The predicted molar refractivity (Wildman–Crippen MR) is 110 cm³/mol. The molecule has 0 fully saturated rings. The quantitative estimate of drug-likeness (QED) is 0.455. The van der Waals surface area contributed by atoms with E-state index in [0.29, 0.717) is 23.3 Å². The van der Waals surface area contributed by atoms with Gasteiger partial charge in [0.15, 0.2) is 11.6 Å². The van der Waals surface area contributed by atoms with Crippen LogP contribution >= 0.6 is 0 Å². The van der Waals surface area contributed by atoms with Crippen LogP contribution in [0, 0.1) is 24.4 Å². The van der Waals surface area contributed by atoms with Gasteiger partial charge < -0.3 is 14.6 Å². The number of halogens is 3. The highest BCUT2D eigenvalue weighted by Crippen LogP contribution is 2.29. The van der Waals surface area contributed by atoms with E-state index >= 15 is 0 Å². The molecule has 0 aliphatic heterocycles. The van der Waals surface area contributed by atoms with E-state index in [9.17, 15) is 13.2 Å². The van der Waals surface area contributed by atoms with Gasteiger partial charge in [-0.1, -0.05) is 6.07 Å². The fourth-order valence-corrected chi connectivity index (χ4v) is 3.11. The average Bonchev–Trinajstić information content (AvgIpc) is 3.21. The number of aromatic nitrogens is 4. The summed E-state index contributed by atoms with van der Waals surface area (Å²) in [6, 6.07) is 10.4. The van der Waals surface area contributed by atoms with Crippen molar-refractivity contribution in [2.45, 2.75) is 13.5 Å². The molecule has 0 spiro atoms. The van der Waals surface area contributed by atoms with Crippen LogP contribution in [0.15, 0.2) is 55.0 Å². The maximum Gasteiger partial charge on any atom is 0.164 e. The van der Waals surface area contributed by atoms with Crippen LogP contribution in [0.5, 0.6) is 5.75 Å². The molecule has 0 radical (unpaired) electrons. The van der Waals surface area contributed by atoms with Crippen LogP contribution in [-0.2, 0) is 6.54 Å². The molecule has 2 aromatic heterocycles. The number of hydrogen-bond donors (Lipinski definition) is 1. The summed E-state index contributed by atoms with van der Waals surface area (Å²) in [5, 5.41) is 11.0. The molecule has 1 N–H and O–H groups in total. The molecule has 2 heterocycles. The van der Waals surface area contributed by atoms with E-state index in [2.05, 4.69) is 20.5 Å². The average molecular weight is 425 g/mol. The molecule has 0 atom stereocenters. The van der Waals surface area contributed by atoms with Crippen LogP contribution in [-0.4, -0.2) is 26.9 Å². The lowest BCUT2D eigenvalue weighted by Crippen LogP contribution is -2.06. The van der Waals surface area contributed by atoms with Crippen molar-refractivity contribution >= 4 is 5.82 Å². The Kier molecular flexibility index (Phi) is 5.57. The summed E-state index contributed by atoms with van der Waals surface area (Å²) in [5.41, 5.74) is 2.97. The largest absolute Gasteiger partial charge is 0.495 e. The van der Waals surface area contributed by atoms with Crippen LogP contribution in [0.1, 0.15) is 11.3 Å². The predicted octanol–water partition coefficient (Wildman–Crippen LogP) is 4.68. The number of benzene rings is 2. The Bertz CT molecular complexity index is 1220. The van der Waals surface area contributed by atoms with Crippen LogP contribution in [0.3, 0.4) is 0 Å². The fraction of sp³-hybridized carbons (Fsp3) is 0.136. The first-order valence-electron chi connectivity index (χ1n) is 9.35. The summed E-state index contributed by atoms with van der Waals surface area (Å²) in [6.07, 6.45) is 3.60. The van der Waals surface area contributed by atoms with Crippen molar-refractivity contribution in [2.75, 3.05) is 12.4 Å². The third-order valence-corrected chi connectivity index (χ3v) is 4.66. The standard InChI is InChI=1S/C22H18F3N5O/c1-13-11-30(12-27-13)19-5-3-14(8-20(19)31-2)18-4-6-21(29-28-18)26-10-15-7-16(23)9-17(24)22(15)25/h3-9,11-12H,10H2,1-2H3,(H,26,29). The number of methoxy groups -OCH3 is 1. The Balaban J connectivity index is 1.52.